The number of aryl methyl sites for hydroxylation is 1. The Bertz CT molecular complexity index is 1220. The van der Waals surface area contributed by atoms with Gasteiger partial charge in [-0.2, -0.15) is 9.98 Å². The minimum absolute atomic E-state index is 0.305. The van der Waals surface area contributed by atoms with Gasteiger partial charge in [-0.1, -0.05) is 78.1 Å². The van der Waals surface area contributed by atoms with Crippen molar-refractivity contribution in [3.63, 3.8) is 0 Å². The smallest absolute Gasteiger partial charge is 0.318 e. The Morgan fingerprint density at radius 1 is 0.698 bits per heavy atom. The summed E-state index contributed by atoms with van der Waals surface area (Å²) in [6.45, 7) is 8.73. The minimum Gasteiger partial charge on any atom is -0.496 e. The van der Waals surface area contributed by atoms with E-state index in [0.29, 0.717) is 17.6 Å². The number of ether oxygens (including phenoxy) is 2. The van der Waals surface area contributed by atoms with Gasteiger partial charge in [0, 0.05) is 44.1 Å². The van der Waals surface area contributed by atoms with Crippen LogP contribution in [-0.4, -0.2) is 59.0 Å². The van der Waals surface area contributed by atoms with Crippen LogP contribution in [-0.2, 0) is 4.74 Å². The van der Waals surface area contributed by atoms with Gasteiger partial charge in [0.15, 0.2) is 5.84 Å². The number of anilines is 2. The highest BCUT2D eigenvalue weighted by atomic mass is 16.5. The molecule has 0 saturated carbocycles. The molecule has 0 fully saturated rings. The number of rotatable bonds is 19. The number of unbranched alkanes of at least 4 members (excludes halogenated alkanes) is 10. The first kappa shape index (κ1) is 34.1. The topological polar surface area (TPSA) is 62.0 Å². The third-order valence-corrected chi connectivity index (χ3v) is 8.09. The van der Waals surface area contributed by atoms with Crippen LogP contribution in [0.15, 0.2) is 51.4 Å². The van der Waals surface area contributed by atoms with Crippen molar-refractivity contribution in [3.05, 3.63) is 47.5 Å². The second-order valence-corrected chi connectivity index (χ2v) is 11.8. The summed E-state index contributed by atoms with van der Waals surface area (Å²) in [4.78, 5) is 19.0. The van der Waals surface area contributed by atoms with Gasteiger partial charge in [-0.05, 0) is 61.7 Å². The molecule has 1 aliphatic rings. The van der Waals surface area contributed by atoms with Crippen molar-refractivity contribution in [1.82, 2.24) is 0 Å². The maximum absolute atomic E-state index is 5.85. The number of methoxy groups -OCH3 is 2. The van der Waals surface area contributed by atoms with Gasteiger partial charge in [0.1, 0.15) is 11.5 Å². The predicted molar refractivity (Wildman–Crippen MR) is 186 cm³/mol. The fourth-order valence-electron chi connectivity index (χ4n) is 5.44. The lowest BCUT2D eigenvalue weighted by Crippen LogP contribution is -2.26. The quantitative estimate of drug-likeness (QED) is 0.153. The fourth-order valence-corrected chi connectivity index (χ4v) is 5.44. The molecule has 236 valence electrons. The minimum atomic E-state index is 0.305. The molecule has 0 aromatic heterocycles. The van der Waals surface area contributed by atoms with Gasteiger partial charge < -0.3 is 19.3 Å². The first-order chi connectivity index (χ1) is 20.9. The van der Waals surface area contributed by atoms with Crippen LogP contribution in [0.5, 0.6) is 5.75 Å². The molecule has 0 unspecified atom stereocenters. The number of amidine groups is 2. The molecule has 2 aromatic rings. The summed E-state index contributed by atoms with van der Waals surface area (Å²) in [5.41, 5.74) is 5.81. The summed E-state index contributed by atoms with van der Waals surface area (Å²) < 4.78 is 11.3. The molecule has 0 spiro atoms. The molecule has 2 aromatic carbocycles. The van der Waals surface area contributed by atoms with Crippen LogP contribution in [0.1, 0.15) is 102 Å². The van der Waals surface area contributed by atoms with Gasteiger partial charge in [0.05, 0.1) is 19.9 Å². The lowest BCUT2D eigenvalue weighted by atomic mass is 10.0. The van der Waals surface area contributed by atoms with E-state index in [4.69, 9.17) is 19.5 Å². The normalized spacial score (nSPS) is 13.7. The SMILES string of the molecule is CCCCCCCCN(CCCCCCCC)c1ccc(OC)c(C2=NC(OC)=N/C2=N\c2ccc(N(C)C)cc2C)c1. The van der Waals surface area contributed by atoms with E-state index in [1.165, 1.54) is 82.7 Å². The molecule has 7 nitrogen and oxygen atoms in total. The highest BCUT2D eigenvalue weighted by Gasteiger charge is 2.25. The van der Waals surface area contributed by atoms with E-state index in [1.807, 2.05) is 20.2 Å². The predicted octanol–water partition coefficient (Wildman–Crippen LogP) is 9.13. The van der Waals surface area contributed by atoms with E-state index in [1.54, 1.807) is 14.2 Å². The van der Waals surface area contributed by atoms with Crippen LogP contribution in [0.3, 0.4) is 0 Å². The Kier molecular flexibility index (Phi) is 14.6. The summed E-state index contributed by atoms with van der Waals surface area (Å²) in [7, 11) is 7.38. The average Bonchev–Trinajstić information content (AvgIpc) is 3.42. The summed E-state index contributed by atoms with van der Waals surface area (Å²) >= 11 is 0. The maximum Gasteiger partial charge on any atom is 0.318 e. The third kappa shape index (κ3) is 10.4. The molecule has 0 amide bonds. The van der Waals surface area contributed by atoms with Crippen molar-refractivity contribution >= 4 is 34.6 Å². The number of aliphatic imine (C=N–C) groups is 3. The summed E-state index contributed by atoms with van der Waals surface area (Å²) in [6, 6.07) is 13.0. The highest BCUT2D eigenvalue weighted by Crippen LogP contribution is 2.30. The van der Waals surface area contributed by atoms with Gasteiger partial charge in [0.25, 0.3) is 0 Å². The largest absolute Gasteiger partial charge is 0.496 e. The zero-order chi connectivity index (χ0) is 31.0. The van der Waals surface area contributed by atoms with Gasteiger partial charge in [-0.3, -0.25) is 0 Å². The Hall–Kier alpha value is -3.35. The number of nitrogens with zero attached hydrogens (tertiary/aromatic N) is 5. The van der Waals surface area contributed by atoms with Crippen molar-refractivity contribution in [3.8, 4) is 5.75 Å². The van der Waals surface area contributed by atoms with Crippen molar-refractivity contribution in [2.45, 2.75) is 97.8 Å². The lowest BCUT2D eigenvalue weighted by Gasteiger charge is -2.26. The van der Waals surface area contributed by atoms with Crippen molar-refractivity contribution < 1.29 is 9.47 Å². The van der Waals surface area contributed by atoms with E-state index < -0.39 is 0 Å². The molecular formula is C36H55N5O2. The molecule has 3 rings (SSSR count). The molecule has 0 saturated heterocycles. The van der Waals surface area contributed by atoms with Gasteiger partial charge in [-0.15, -0.1) is 0 Å². The molecule has 1 heterocycles. The second kappa shape index (κ2) is 18.3. The molecule has 0 aliphatic carbocycles. The van der Waals surface area contributed by atoms with Crippen LogP contribution in [0.25, 0.3) is 0 Å². The zero-order valence-corrected chi connectivity index (χ0v) is 27.9. The summed E-state index contributed by atoms with van der Waals surface area (Å²) in [5, 5.41) is 0. The number of benzene rings is 2. The van der Waals surface area contributed by atoms with Crippen molar-refractivity contribution in [2.24, 2.45) is 15.0 Å². The van der Waals surface area contributed by atoms with Gasteiger partial charge in [-0.25, -0.2) is 4.99 Å². The maximum atomic E-state index is 5.85. The Labute approximate surface area is 261 Å². The third-order valence-electron chi connectivity index (χ3n) is 8.09. The standard InChI is InChI=1S/C36H55N5O2/c1-8-10-12-14-16-18-24-41(25-19-17-15-13-11-9-2)30-21-23-33(42-6)31(27-30)34-35(39-36(38-34)43-7)37-32-22-20-29(40(4)5)26-28(32)3/h20-23,26-27H,8-19,24-25H2,1-7H3/b37-35-. The lowest BCUT2D eigenvalue weighted by molar-refractivity contribution is 0.399. The first-order valence-corrected chi connectivity index (χ1v) is 16.4. The van der Waals surface area contributed by atoms with E-state index in [2.05, 4.69) is 65.9 Å². The van der Waals surface area contributed by atoms with E-state index in [0.717, 1.165) is 41.3 Å². The zero-order valence-electron chi connectivity index (χ0n) is 27.9. The Balaban J connectivity index is 1.90. The van der Waals surface area contributed by atoms with Crippen molar-refractivity contribution in [1.29, 1.82) is 0 Å². The average molecular weight is 590 g/mol. The Morgan fingerprint density at radius 3 is 1.86 bits per heavy atom. The highest BCUT2D eigenvalue weighted by molar-refractivity contribution is 6.53. The first-order valence-electron chi connectivity index (χ1n) is 16.4. The molecule has 0 atom stereocenters. The van der Waals surface area contributed by atoms with Crippen LogP contribution in [0.4, 0.5) is 17.1 Å². The van der Waals surface area contributed by atoms with E-state index in [9.17, 15) is 0 Å². The van der Waals surface area contributed by atoms with Crippen LogP contribution in [0, 0.1) is 6.92 Å². The van der Waals surface area contributed by atoms with Gasteiger partial charge >= 0.3 is 6.02 Å². The van der Waals surface area contributed by atoms with Crippen LogP contribution >= 0.6 is 0 Å². The summed E-state index contributed by atoms with van der Waals surface area (Å²) in [6.07, 6.45) is 15.5. The molecular weight excluding hydrogens is 534 g/mol. The second-order valence-electron chi connectivity index (χ2n) is 11.8. The van der Waals surface area contributed by atoms with Crippen LogP contribution < -0.4 is 14.5 Å². The summed E-state index contributed by atoms with van der Waals surface area (Å²) in [5.74, 6) is 1.29. The fraction of sp³-hybridized carbons (Fsp3) is 0.583. The molecule has 1 aliphatic heterocycles. The number of hydrogen-bond acceptors (Lipinski definition) is 6. The Morgan fingerprint density at radius 2 is 1.30 bits per heavy atom. The van der Waals surface area contributed by atoms with E-state index >= 15 is 0 Å². The van der Waals surface area contributed by atoms with E-state index in [-0.39, 0.29) is 0 Å². The molecule has 0 radical (unpaired) electrons. The monoisotopic (exact) mass is 589 g/mol. The molecule has 43 heavy (non-hydrogen) atoms. The molecule has 7 heteroatoms. The molecule has 0 N–H and O–H groups in total. The number of hydrogen-bond donors (Lipinski definition) is 0. The van der Waals surface area contributed by atoms with Crippen molar-refractivity contribution in [2.75, 3.05) is 51.2 Å². The van der Waals surface area contributed by atoms with Crippen LogP contribution in [0.2, 0.25) is 0 Å². The molecule has 0 bridgehead atoms. The van der Waals surface area contributed by atoms with Gasteiger partial charge in [0.2, 0.25) is 0 Å².